The van der Waals surface area contributed by atoms with E-state index in [1.807, 2.05) is 61.5 Å². The van der Waals surface area contributed by atoms with Crippen LogP contribution in [-0.2, 0) is 11.4 Å². The van der Waals surface area contributed by atoms with Gasteiger partial charge in [0.1, 0.15) is 23.9 Å². The molecule has 0 radical (unpaired) electrons. The van der Waals surface area contributed by atoms with Gasteiger partial charge in [0.2, 0.25) is 0 Å². The maximum Gasteiger partial charge on any atom is 0.277 e. The van der Waals surface area contributed by atoms with Gasteiger partial charge in [-0.15, -0.1) is 0 Å². The van der Waals surface area contributed by atoms with Crippen molar-refractivity contribution in [3.05, 3.63) is 107 Å². The summed E-state index contributed by atoms with van der Waals surface area (Å²) in [6, 6.07) is 25.3. The topological polar surface area (TPSA) is 59.9 Å². The van der Waals surface area contributed by atoms with Crippen molar-refractivity contribution in [2.24, 2.45) is 5.10 Å². The fraction of sp³-hybridized carbons (Fsp3) is 0.111. The van der Waals surface area contributed by atoms with Gasteiger partial charge in [0.15, 0.2) is 6.61 Å². The molecule has 5 nitrogen and oxygen atoms in total. The van der Waals surface area contributed by atoms with E-state index in [9.17, 15) is 9.18 Å². The van der Waals surface area contributed by atoms with E-state index in [1.54, 1.807) is 24.4 Å². The Morgan fingerprint density at radius 1 is 0.970 bits per heavy atom. The van der Waals surface area contributed by atoms with Gasteiger partial charge in [0.25, 0.3) is 5.91 Å². The largest absolute Gasteiger partial charge is 0.488 e. The number of carbonyl (C=O) groups is 1. The van der Waals surface area contributed by atoms with Crippen molar-refractivity contribution >= 4 is 22.9 Å². The second kappa shape index (κ2) is 10.4. The number of hydrazone groups is 1. The molecule has 0 unspecified atom stereocenters. The summed E-state index contributed by atoms with van der Waals surface area (Å²) in [6.45, 7) is 2.08. The van der Waals surface area contributed by atoms with Gasteiger partial charge in [-0.3, -0.25) is 4.79 Å². The van der Waals surface area contributed by atoms with Gasteiger partial charge in [-0.1, -0.05) is 54.6 Å². The minimum absolute atomic E-state index is 0.149. The Hall–Kier alpha value is -4.19. The van der Waals surface area contributed by atoms with Crippen molar-refractivity contribution in [2.75, 3.05) is 6.61 Å². The summed E-state index contributed by atoms with van der Waals surface area (Å²) < 4.78 is 24.7. The average molecular weight is 442 g/mol. The Morgan fingerprint density at radius 3 is 2.61 bits per heavy atom. The van der Waals surface area contributed by atoms with E-state index >= 15 is 0 Å². The van der Waals surface area contributed by atoms with Crippen LogP contribution >= 0.6 is 0 Å². The highest BCUT2D eigenvalue weighted by atomic mass is 19.1. The molecule has 1 N–H and O–H groups in total. The number of nitrogens with zero attached hydrogens (tertiary/aromatic N) is 1. The van der Waals surface area contributed by atoms with Gasteiger partial charge in [0.05, 0.1) is 6.21 Å². The first-order valence-electron chi connectivity index (χ1n) is 10.5. The molecule has 1 amide bonds. The molecular weight excluding hydrogens is 419 g/mol. The second-order valence-electron chi connectivity index (χ2n) is 7.51. The SMILES string of the molecule is Cc1cccc(OCC(=O)N/N=C/c2c(OCc3ccc(F)cc3)ccc3ccccc23)c1. The molecule has 0 saturated heterocycles. The van der Waals surface area contributed by atoms with Crippen molar-refractivity contribution in [3.63, 3.8) is 0 Å². The molecule has 0 aliphatic rings. The number of amides is 1. The molecule has 0 aliphatic heterocycles. The number of benzene rings is 4. The Morgan fingerprint density at radius 2 is 1.79 bits per heavy atom. The van der Waals surface area contributed by atoms with Gasteiger partial charge in [-0.25, -0.2) is 9.82 Å². The highest BCUT2D eigenvalue weighted by Gasteiger charge is 2.09. The van der Waals surface area contributed by atoms with Crippen molar-refractivity contribution in [1.29, 1.82) is 0 Å². The van der Waals surface area contributed by atoms with Crippen molar-refractivity contribution < 1.29 is 18.7 Å². The number of aryl methyl sites for hydroxylation is 1. The van der Waals surface area contributed by atoms with E-state index in [0.29, 0.717) is 11.5 Å². The molecule has 0 atom stereocenters. The molecule has 33 heavy (non-hydrogen) atoms. The third-order valence-corrected chi connectivity index (χ3v) is 4.98. The maximum absolute atomic E-state index is 13.2. The van der Waals surface area contributed by atoms with Crippen molar-refractivity contribution in [3.8, 4) is 11.5 Å². The zero-order valence-electron chi connectivity index (χ0n) is 18.1. The third kappa shape index (κ3) is 5.95. The summed E-state index contributed by atoms with van der Waals surface area (Å²) in [4.78, 5) is 12.2. The van der Waals surface area contributed by atoms with E-state index in [1.165, 1.54) is 12.1 Å². The normalized spacial score (nSPS) is 11.0. The number of fused-ring (bicyclic) bond motifs is 1. The summed E-state index contributed by atoms with van der Waals surface area (Å²) in [5, 5.41) is 6.06. The fourth-order valence-corrected chi connectivity index (χ4v) is 3.33. The summed E-state index contributed by atoms with van der Waals surface area (Å²) in [7, 11) is 0. The summed E-state index contributed by atoms with van der Waals surface area (Å²) in [6.07, 6.45) is 1.56. The molecule has 6 heteroatoms. The molecule has 4 aromatic carbocycles. The molecule has 0 heterocycles. The van der Waals surface area contributed by atoms with E-state index in [0.717, 1.165) is 27.5 Å². The highest BCUT2D eigenvalue weighted by molar-refractivity contribution is 6.02. The molecule has 0 saturated carbocycles. The van der Waals surface area contributed by atoms with Gasteiger partial charge >= 0.3 is 0 Å². The van der Waals surface area contributed by atoms with Gasteiger partial charge in [-0.05, 0) is 59.2 Å². The number of ether oxygens (including phenoxy) is 2. The molecule has 0 aliphatic carbocycles. The van der Waals surface area contributed by atoms with Crippen LogP contribution in [-0.4, -0.2) is 18.7 Å². The Balaban J connectivity index is 1.46. The number of hydrogen-bond acceptors (Lipinski definition) is 4. The second-order valence-corrected chi connectivity index (χ2v) is 7.51. The van der Waals surface area contributed by atoms with Crippen LogP contribution in [0.15, 0.2) is 90.0 Å². The predicted octanol–water partition coefficient (Wildman–Crippen LogP) is 5.40. The van der Waals surface area contributed by atoms with E-state index in [-0.39, 0.29) is 24.9 Å². The Kier molecular flexibility index (Phi) is 6.95. The van der Waals surface area contributed by atoms with Gasteiger partial charge < -0.3 is 9.47 Å². The standard InChI is InChI=1S/C27H23FN2O3/c1-19-5-4-7-23(15-19)32-18-27(31)30-29-16-25-24-8-3-2-6-21(24)11-14-26(25)33-17-20-9-12-22(28)13-10-20/h2-16H,17-18H2,1H3,(H,30,31)/b29-16+. The molecule has 0 spiro atoms. The lowest BCUT2D eigenvalue weighted by atomic mass is 10.0. The number of carbonyl (C=O) groups excluding carboxylic acids is 1. The van der Waals surface area contributed by atoms with Crippen LogP contribution in [0.25, 0.3) is 10.8 Å². The van der Waals surface area contributed by atoms with E-state index in [2.05, 4.69) is 10.5 Å². The molecule has 0 fully saturated rings. The highest BCUT2D eigenvalue weighted by Crippen LogP contribution is 2.27. The number of rotatable bonds is 8. The van der Waals surface area contributed by atoms with Crippen LogP contribution in [0, 0.1) is 12.7 Å². The smallest absolute Gasteiger partial charge is 0.277 e. The lowest BCUT2D eigenvalue weighted by molar-refractivity contribution is -0.123. The van der Waals surface area contributed by atoms with Gasteiger partial charge in [0, 0.05) is 5.56 Å². The minimum atomic E-state index is -0.373. The molecule has 166 valence electrons. The lowest BCUT2D eigenvalue weighted by Crippen LogP contribution is -2.24. The first-order chi connectivity index (χ1) is 16.1. The predicted molar refractivity (Wildman–Crippen MR) is 127 cm³/mol. The summed E-state index contributed by atoms with van der Waals surface area (Å²) in [5.74, 6) is 0.563. The Labute approximate surface area is 191 Å². The first-order valence-corrected chi connectivity index (χ1v) is 10.5. The van der Waals surface area contributed by atoms with Crippen LogP contribution < -0.4 is 14.9 Å². The lowest BCUT2D eigenvalue weighted by Gasteiger charge is -2.12. The molecule has 0 aromatic heterocycles. The third-order valence-electron chi connectivity index (χ3n) is 4.98. The van der Waals surface area contributed by atoms with Crippen LogP contribution in [0.5, 0.6) is 11.5 Å². The number of hydrogen-bond donors (Lipinski definition) is 1. The monoisotopic (exact) mass is 442 g/mol. The Bertz CT molecular complexity index is 1290. The number of nitrogens with one attached hydrogen (secondary N) is 1. The molecule has 4 rings (SSSR count). The van der Waals surface area contributed by atoms with Crippen LogP contribution in [0.3, 0.4) is 0 Å². The zero-order chi connectivity index (χ0) is 23.0. The summed E-state index contributed by atoms with van der Waals surface area (Å²) >= 11 is 0. The minimum Gasteiger partial charge on any atom is -0.488 e. The average Bonchev–Trinajstić information content (AvgIpc) is 2.83. The van der Waals surface area contributed by atoms with Crippen molar-refractivity contribution in [1.82, 2.24) is 5.43 Å². The van der Waals surface area contributed by atoms with E-state index < -0.39 is 0 Å². The fourth-order valence-electron chi connectivity index (χ4n) is 3.33. The van der Waals surface area contributed by atoms with Crippen LogP contribution in [0.4, 0.5) is 4.39 Å². The first kappa shape index (κ1) is 22.0. The summed E-state index contributed by atoms with van der Waals surface area (Å²) in [5.41, 5.74) is 5.12. The molecule has 0 bridgehead atoms. The van der Waals surface area contributed by atoms with Crippen molar-refractivity contribution in [2.45, 2.75) is 13.5 Å². The van der Waals surface area contributed by atoms with Gasteiger partial charge in [-0.2, -0.15) is 5.10 Å². The van der Waals surface area contributed by atoms with E-state index in [4.69, 9.17) is 9.47 Å². The quantitative estimate of drug-likeness (QED) is 0.294. The zero-order valence-corrected chi connectivity index (χ0v) is 18.1. The maximum atomic E-state index is 13.2. The van der Waals surface area contributed by atoms with Crippen LogP contribution in [0.1, 0.15) is 16.7 Å². The van der Waals surface area contributed by atoms with Crippen LogP contribution in [0.2, 0.25) is 0 Å². The number of halogens is 1. The molecule has 4 aromatic rings. The molecular formula is C27H23FN2O3.